The number of piperidine rings is 1. The number of nitrogens with zero attached hydrogens (tertiary/aromatic N) is 1. The van der Waals surface area contributed by atoms with Crippen LogP contribution in [0.2, 0.25) is 0 Å². The van der Waals surface area contributed by atoms with Crippen LogP contribution < -0.4 is 4.74 Å². The maximum Gasteiger partial charge on any atom is 0.410 e. The normalized spacial score (nSPS) is 24.2. The fourth-order valence-corrected chi connectivity index (χ4v) is 4.08. The summed E-state index contributed by atoms with van der Waals surface area (Å²) in [6, 6.07) is 7.93. The maximum absolute atomic E-state index is 12.3. The van der Waals surface area contributed by atoms with Gasteiger partial charge in [0.05, 0.1) is 19.3 Å². The Labute approximate surface area is 192 Å². The zero-order valence-corrected chi connectivity index (χ0v) is 19.8. The molecular weight excluding hydrogens is 410 g/mol. The first-order chi connectivity index (χ1) is 15.3. The van der Waals surface area contributed by atoms with Crippen molar-refractivity contribution in [1.82, 2.24) is 4.90 Å². The lowest BCUT2D eigenvalue weighted by atomic mass is 9.87. The van der Waals surface area contributed by atoms with Crippen molar-refractivity contribution in [1.29, 1.82) is 0 Å². The summed E-state index contributed by atoms with van der Waals surface area (Å²) < 4.78 is 22.6. The Balaban J connectivity index is 1.35. The Kier molecular flexibility index (Phi) is 9.20. The molecule has 0 aliphatic carbocycles. The summed E-state index contributed by atoms with van der Waals surface area (Å²) >= 11 is 0. The van der Waals surface area contributed by atoms with Crippen LogP contribution in [0.3, 0.4) is 0 Å². The number of carbonyl (C=O) groups is 1. The zero-order valence-electron chi connectivity index (χ0n) is 19.8. The van der Waals surface area contributed by atoms with Gasteiger partial charge in [0.25, 0.3) is 0 Å². The van der Waals surface area contributed by atoms with E-state index in [1.165, 1.54) is 6.42 Å². The van der Waals surface area contributed by atoms with E-state index in [4.69, 9.17) is 18.9 Å². The third-order valence-corrected chi connectivity index (χ3v) is 5.79. The van der Waals surface area contributed by atoms with Crippen LogP contribution in [0.4, 0.5) is 4.79 Å². The molecule has 0 spiro atoms. The molecule has 1 aromatic rings. The fourth-order valence-electron chi connectivity index (χ4n) is 4.08. The zero-order chi connectivity index (χ0) is 23.0. The van der Waals surface area contributed by atoms with Gasteiger partial charge < -0.3 is 29.0 Å². The lowest BCUT2D eigenvalue weighted by molar-refractivity contribution is -0.162. The topological polar surface area (TPSA) is 77.5 Å². The lowest BCUT2D eigenvalue weighted by Crippen LogP contribution is -2.47. The van der Waals surface area contributed by atoms with Gasteiger partial charge in [0.15, 0.2) is 6.29 Å². The van der Waals surface area contributed by atoms with Gasteiger partial charge >= 0.3 is 6.09 Å². The molecule has 3 unspecified atom stereocenters. The molecule has 0 bridgehead atoms. The molecule has 3 rings (SSSR count). The van der Waals surface area contributed by atoms with Crippen LogP contribution in [0.15, 0.2) is 24.3 Å². The summed E-state index contributed by atoms with van der Waals surface area (Å²) in [4.78, 5) is 13.8. The number of likely N-dealkylation sites (tertiary alicyclic amines) is 1. The number of β-amino-alcohol motifs (C(OH)–C–C–N with tert-alkyl or cyclic N) is 1. The molecule has 1 aromatic carbocycles. The quantitative estimate of drug-likeness (QED) is 0.590. The molecule has 2 aliphatic heterocycles. The highest BCUT2D eigenvalue weighted by Crippen LogP contribution is 2.30. The van der Waals surface area contributed by atoms with Gasteiger partial charge in [-0.3, -0.25) is 0 Å². The van der Waals surface area contributed by atoms with Crippen molar-refractivity contribution in [3.05, 3.63) is 29.8 Å². The number of carbonyl (C=O) groups excluding carboxylic acids is 1. The van der Waals surface area contributed by atoms with E-state index in [-0.39, 0.29) is 24.8 Å². The van der Waals surface area contributed by atoms with Gasteiger partial charge in [-0.1, -0.05) is 12.1 Å². The Morgan fingerprint density at radius 1 is 1.12 bits per heavy atom. The van der Waals surface area contributed by atoms with E-state index in [1.54, 1.807) is 4.90 Å². The lowest BCUT2D eigenvalue weighted by Gasteiger charge is -2.36. The Bertz CT molecular complexity index is 695. The highest BCUT2D eigenvalue weighted by Gasteiger charge is 2.33. The van der Waals surface area contributed by atoms with Crippen molar-refractivity contribution >= 4 is 6.09 Å². The average Bonchev–Trinajstić information content (AvgIpc) is 2.76. The van der Waals surface area contributed by atoms with Gasteiger partial charge in [-0.25, -0.2) is 4.79 Å². The number of unbranched alkanes of at least 4 members (excludes halogenated alkanes) is 1. The third kappa shape index (κ3) is 7.94. The first-order valence-electron chi connectivity index (χ1n) is 11.9. The van der Waals surface area contributed by atoms with E-state index in [2.05, 4.69) is 0 Å². The summed E-state index contributed by atoms with van der Waals surface area (Å²) in [6.45, 7) is 8.55. The second-order valence-corrected chi connectivity index (χ2v) is 9.68. The maximum atomic E-state index is 12.3. The molecule has 3 atom stereocenters. The summed E-state index contributed by atoms with van der Waals surface area (Å²) in [5, 5.41) is 10.6. The number of hydrogen-bond donors (Lipinski definition) is 1. The van der Waals surface area contributed by atoms with Crippen molar-refractivity contribution in [3.8, 4) is 5.75 Å². The largest absolute Gasteiger partial charge is 0.494 e. The first kappa shape index (κ1) is 24.8. The minimum Gasteiger partial charge on any atom is -0.494 e. The van der Waals surface area contributed by atoms with E-state index in [0.29, 0.717) is 26.2 Å². The van der Waals surface area contributed by atoms with Crippen LogP contribution in [0.5, 0.6) is 5.75 Å². The molecule has 7 nitrogen and oxygen atoms in total. The van der Waals surface area contributed by atoms with E-state index < -0.39 is 11.7 Å². The monoisotopic (exact) mass is 449 g/mol. The van der Waals surface area contributed by atoms with Crippen molar-refractivity contribution in [3.63, 3.8) is 0 Å². The van der Waals surface area contributed by atoms with Crippen molar-refractivity contribution in [2.24, 2.45) is 0 Å². The highest BCUT2D eigenvalue weighted by molar-refractivity contribution is 5.68. The molecular formula is C25H39NO6. The van der Waals surface area contributed by atoms with Gasteiger partial charge in [0.2, 0.25) is 0 Å². The summed E-state index contributed by atoms with van der Waals surface area (Å²) in [5.41, 5.74) is 0.528. The molecule has 1 amide bonds. The highest BCUT2D eigenvalue weighted by atomic mass is 16.7. The minimum atomic E-state index is -0.615. The number of rotatable bonds is 8. The molecule has 180 valence electrons. The van der Waals surface area contributed by atoms with Crippen molar-refractivity contribution in [2.45, 2.75) is 83.2 Å². The summed E-state index contributed by atoms with van der Waals surface area (Å²) in [5.74, 6) is 0.827. The predicted octanol–water partition coefficient (Wildman–Crippen LogP) is 4.47. The van der Waals surface area contributed by atoms with Gasteiger partial charge in [0, 0.05) is 25.7 Å². The number of aliphatic hydroxyl groups excluding tert-OH is 1. The van der Waals surface area contributed by atoms with Gasteiger partial charge in [-0.05, 0) is 77.0 Å². The van der Waals surface area contributed by atoms with Crippen molar-refractivity contribution < 1.29 is 28.8 Å². The van der Waals surface area contributed by atoms with Crippen LogP contribution in [0, 0.1) is 0 Å². The molecule has 7 heteroatoms. The Morgan fingerprint density at radius 3 is 2.53 bits per heavy atom. The standard InChI is InChI=1S/C25H39NO6/c1-25(2,3)32-24(28)26-14-13-21(22(27)18-26)19-9-11-20(12-10-19)29-15-6-7-17-31-23-8-4-5-16-30-23/h9-12,21-23,27H,4-8,13-18H2,1-3H3. The number of benzene rings is 1. The van der Waals surface area contributed by atoms with E-state index >= 15 is 0 Å². The van der Waals surface area contributed by atoms with Crippen LogP contribution in [0.1, 0.15) is 70.8 Å². The minimum absolute atomic E-state index is 0.00175. The molecule has 2 aliphatic rings. The molecule has 0 saturated carbocycles. The van der Waals surface area contributed by atoms with Gasteiger partial charge in [-0.2, -0.15) is 0 Å². The average molecular weight is 450 g/mol. The molecule has 2 heterocycles. The van der Waals surface area contributed by atoms with E-state index in [1.807, 2.05) is 45.0 Å². The molecule has 0 radical (unpaired) electrons. The number of ether oxygens (including phenoxy) is 4. The van der Waals surface area contributed by atoms with E-state index in [0.717, 1.165) is 43.6 Å². The fraction of sp³-hybridized carbons (Fsp3) is 0.720. The first-order valence-corrected chi connectivity index (χ1v) is 11.9. The van der Waals surface area contributed by atoms with Crippen molar-refractivity contribution in [2.75, 3.05) is 32.9 Å². The van der Waals surface area contributed by atoms with Crippen LogP contribution >= 0.6 is 0 Å². The van der Waals surface area contributed by atoms with Crippen LogP contribution in [-0.4, -0.2) is 67.0 Å². The second kappa shape index (κ2) is 11.9. The smallest absolute Gasteiger partial charge is 0.410 e. The SMILES string of the molecule is CC(C)(C)OC(=O)N1CCC(c2ccc(OCCCCOC3CCCCO3)cc2)C(O)C1. The number of hydrogen-bond acceptors (Lipinski definition) is 6. The van der Waals surface area contributed by atoms with Gasteiger partial charge in [-0.15, -0.1) is 0 Å². The Morgan fingerprint density at radius 2 is 1.88 bits per heavy atom. The van der Waals surface area contributed by atoms with Crippen LogP contribution in [-0.2, 0) is 14.2 Å². The molecule has 2 saturated heterocycles. The van der Waals surface area contributed by atoms with Crippen LogP contribution in [0.25, 0.3) is 0 Å². The number of aliphatic hydroxyl groups is 1. The van der Waals surface area contributed by atoms with Gasteiger partial charge in [0.1, 0.15) is 11.4 Å². The van der Waals surface area contributed by atoms with E-state index in [9.17, 15) is 9.90 Å². The number of amides is 1. The summed E-state index contributed by atoms with van der Waals surface area (Å²) in [7, 11) is 0. The Hall–Kier alpha value is -1.83. The summed E-state index contributed by atoms with van der Waals surface area (Å²) in [6.07, 6.45) is 4.88. The second-order valence-electron chi connectivity index (χ2n) is 9.68. The molecule has 32 heavy (non-hydrogen) atoms. The molecule has 1 N–H and O–H groups in total. The molecule has 0 aromatic heterocycles. The predicted molar refractivity (Wildman–Crippen MR) is 122 cm³/mol. The molecule has 2 fully saturated rings. The third-order valence-electron chi connectivity index (χ3n) is 5.79.